The summed E-state index contributed by atoms with van der Waals surface area (Å²) in [6.45, 7) is 8.66. The fourth-order valence-corrected chi connectivity index (χ4v) is 3.86. The highest BCUT2D eigenvalue weighted by Crippen LogP contribution is 2.30. The Morgan fingerprint density at radius 3 is 2.53 bits per heavy atom. The largest absolute Gasteiger partial charge is 0.314 e. The van der Waals surface area contributed by atoms with Crippen LogP contribution in [0.2, 0.25) is 0 Å². The van der Waals surface area contributed by atoms with Crippen LogP contribution in [0, 0.1) is 17.8 Å². The third-order valence-electron chi connectivity index (χ3n) is 5.48. The summed E-state index contributed by atoms with van der Waals surface area (Å²) >= 11 is 0. The van der Waals surface area contributed by atoms with Crippen molar-refractivity contribution in [1.29, 1.82) is 0 Å². The summed E-state index contributed by atoms with van der Waals surface area (Å²) in [6, 6.07) is 0.812. The normalized spacial score (nSPS) is 30.9. The molecule has 2 nitrogen and oxygen atoms in total. The van der Waals surface area contributed by atoms with Crippen LogP contribution in [0.25, 0.3) is 0 Å². The van der Waals surface area contributed by atoms with E-state index in [2.05, 4.69) is 31.1 Å². The van der Waals surface area contributed by atoms with Gasteiger partial charge in [0.15, 0.2) is 0 Å². The van der Waals surface area contributed by atoms with E-state index in [0.717, 1.165) is 23.8 Å². The average molecular weight is 266 g/mol. The van der Waals surface area contributed by atoms with Gasteiger partial charge in [-0.3, -0.25) is 0 Å². The molecule has 19 heavy (non-hydrogen) atoms. The molecule has 2 aliphatic rings. The molecule has 2 rings (SSSR count). The molecule has 112 valence electrons. The van der Waals surface area contributed by atoms with E-state index in [1.54, 1.807) is 0 Å². The number of likely N-dealkylation sites (tertiary alicyclic amines) is 1. The Bertz CT molecular complexity index is 244. The van der Waals surface area contributed by atoms with Crippen molar-refractivity contribution in [3.63, 3.8) is 0 Å². The predicted molar refractivity (Wildman–Crippen MR) is 83.4 cm³/mol. The summed E-state index contributed by atoms with van der Waals surface area (Å²) in [7, 11) is 2.25. The maximum atomic E-state index is 3.85. The molecule has 2 fully saturated rings. The molecule has 1 aliphatic heterocycles. The van der Waals surface area contributed by atoms with E-state index in [-0.39, 0.29) is 0 Å². The second-order valence-electron chi connectivity index (χ2n) is 7.36. The van der Waals surface area contributed by atoms with E-state index in [9.17, 15) is 0 Å². The van der Waals surface area contributed by atoms with E-state index in [1.165, 1.54) is 64.6 Å². The molecule has 2 heteroatoms. The highest BCUT2D eigenvalue weighted by atomic mass is 15.1. The molecule has 1 heterocycles. The minimum atomic E-state index is 0.812. The van der Waals surface area contributed by atoms with Crippen molar-refractivity contribution in [3.8, 4) is 0 Å². The molecule has 1 N–H and O–H groups in total. The first-order valence-corrected chi connectivity index (χ1v) is 8.57. The van der Waals surface area contributed by atoms with E-state index in [0.29, 0.717) is 0 Å². The molecule has 0 radical (unpaired) electrons. The third-order valence-corrected chi connectivity index (χ3v) is 5.48. The summed E-state index contributed by atoms with van der Waals surface area (Å²) in [5.41, 5.74) is 0. The molecule has 0 aromatic carbocycles. The van der Waals surface area contributed by atoms with Gasteiger partial charge < -0.3 is 10.2 Å². The Morgan fingerprint density at radius 1 is 1.11 bits per heavy atom. The number of hydrogen-bond donors (Lipinski definition) is 1. The van der Waals surface area contributed by atoms with E-state index < -0.39 is 0 Å². The van der Waals surface area contributed by atoms with Crippen LogP contribution in [-0.4, -0.2) is 37.6 Å². The van der Waals surface area contributed by atoms with Crippen molar-refractivity contribution < 1.29 is 0 Å². The predicted octanol–water partition coefficient (Wildman–Crippen LogP) is 3.52. The number of hydrogen-bond acceptors (Lipinski definition) is 2. The third kappa shape index (κ3) is 5.07. The van der Waals surface area contributed by atoms with Gasteiger partial charge in [-0.05, 0) is 76.5 Å². The molecule has 0 spiro atoms. The van der Waals surface area contributed by atoms with Gasteiger partial charge in [0, 0.05) is 6.04 Å². The average Bonchev–Trinajstić information content (AvgIpc) is 2.41. The van der Waals surface area contributed by atoms with Crippen LogP contribution in [0.15, 0.2) is 0 Å². The van der Waals surface area contributed by atoms with Gasteiger partial charge in [0.1, 0.15) is 0 Å². The fraction of sp³-hybridized carbons (Fsp3) is 1.00. The van der Waals surface area contributed by atoms with Gasteiger partial charge in [0.2, 0.25) is 0 Å². The lowest BCUT2D eigenvalue weighted by atomic mass is 9.79. The maximum absolute atomic E-state index is 3.85. The Hall–Kier alpha value is -0.0800. The SMILES string of the molecule is CC(C)C1CCCC(NCCC2CCN(C)CC2)C1. The number of piperidine rings is 1. The first-order chi connectivity index (χ1) is 9.15. The van der Waals surface area contributed by atoms with Crippen LogP contribution < -0.4 is 5.32 Å². The lowest BCUT2D eigenvalue weighted by Crippen LogP contribution is -2.37. The van der Waals surface area contributed by atoms with Gasteiger partial charge >= 0.3 is 0 Å². The maximum Gasteiger partial charge on any atom is 0.00698 e. The van der Waals surface area contributed by atoms with Crippen molar-refractivity contribution in [2.24, 2.45) is 17.8 Å². The Kier molecular flexibility index (Phi) is 6.15. The van der Waals surface area contributed by atoms with Crippen LogP contribution in [0.4, 0.5) is 0 Å². The molecule has 0 amide bonds. The molecule has 2 atom stereocenters. The first kappa shape index (κ1) is 15.3. The van der Waals surface area contributed by atoms with Gasteiger partial charge in [0.05, 0.1) is 0 Å². The summed E-state index contributed by atoms with van der Waals surface area (Å²) in [5.74, 6) is 2.82. The van der Waals surface area contributed by atoms with E-state index in [1.807, 2.05) is 0 Å². The monoisotopic (exact) mass is 266 g/mol. The molecule has 1 aliphatic carbocycles. The zero-order valence-corrected chi connectivity index (χ0v) is 13.3. The molecule has 0 aromatic rings. The molecule has 1 saturated heterocycles. The summed E-state index contributed by atoms with van der Waals surface area (Å²) in [6.07, 6.45) is 9.97. The quantitative estimate of drug-likeness (QED) is 0.819. The van der Waals surface area contributed by atoms with Gasteiger partial charge in [0.25, 0.3) is 0 Å². The van der Waals surface area contributed by atoms with Crippen molar-refractivity contribution >= 4 is 0 Å². The lowest BCUT2D eigenvalue weighted by Gasteiger charge is -2.33. The van der Waals surface area contributed by atoms with Crippen molar-refractivity contribution in [2.45, 2.75) is 64.8 Å². The molecule has 2 unspecified atom stereocenters. The lowest BCUT2D eigenvalue weighted by molar-refractivity contribution is 0.201. The zero-order valence-electron chi connectivity index (χ0n) is 13.3. The number of nitrogens with zero attached hydrogens (tertiary/aromatic N) is 1. The summed E-state index contributed by atoms with van der Waals surface area (Å²) in [4.78, 5) is 2.47. The van der Waals surface area contributed by atoms with E-state index >= 15 is 0 Å². The molecular formula is C17H34N2. The van der Waals surface area contributed by atoms with Crippen LogP contribution in [0.3, 0.4) is 0 Å². The number of nitrogens with one attached hydrogen (secondary N) is 1. The minimum absolute atomic E-state index is 0.812. The summed E-state index contributed by atoms with van der Waals surface area (Å²) < 4.78 is 0. The molecule has 1 saturated carbocycles. The van der Waals surface area contributed by atoms with Gasteiger partial charge in [-0.25, -0.2) is 0 Å². The van der Waals surface area contributed by atoms with Crippen LogP contribution in [0.1, 0.15) is 58.8 Å². The van der Waals surface area contributed by atoms with Crippen molar-refractivity contribution in [1.82, 2.24) is 10.2 Å². The number of rotatable bonds is 5. The second kappa shape index (κ2) is 7.64. The Morgan fingerprint density at radius 2 is 1.84 bits per heavy atom. The van der Waals surface area contributed by atoms with Crippen LogP contribution in [-0.2, 0) is 0 Å². The zero-order chi connectivity index (χ0) is 13.7. The summed E-state index contributed by atoms with van der Waals surface area (Å²) in [5, 5.41) is 3.85. The van der Waals surface area contributed by atoms with Gasteiger partial charge in [-0.15, -0.1) is 0 Å². The molecule has 0 aromatic heterocycles. The molecule has 0 bridgehead atoms. The van der Waals surface area contributed by atoms with Crippen molar-refractivity contribution in [2.75, 3.05) is 26.7 Å². The first-order valence-electron chi connectivity index (χ1n) is 8.57. The fourth-order valence-electron chi connectivity index (χ4n) is 3.86. The van der Waals surface area contributed by atoms with Gasteiger partial charge in [-0.2, -0.15) is 0 Å². The van der Waals surface area contributed by atoms with E-state index in [4.69, 9.17) is 0 Å². The smallest absolute Gasteiger partial charge is 0.00698 e. The second-order valence-corrected chi connectivity index (χ2v) is 7.36. The van der Waals surface area contributed by atoms with Crippen LogP contribution >= 0.6 is 0 Å². The highest BCUT2D eigenvalue weighted by molar-refractivity contribution is 4.80. The standard InChI is InChI=1S/C17H34N2/c1-14(2)16-5-4-6-17(13-16)18-10-7-15-8-11-19(3)12-9-15/h14-18H,4-13H2,1-3H3. The van der Waals surface area contributed by atoms with Crippen LogP contribution in [0.5, 0.6) is 0 Å². The Balaban J connectivity index is 1.60. The molecular weight excluding hydrogens is 232 g/mol. The topological polar surface area (TPSA) is 15.3 Å². The Labute approximate surface area is 120 Å². The minimum Gasteiger partial charge on any atom is -0.314 e. The van der Waals surface area contributed by atoms with Crippen molar-refractivity contribution in [3.05, 3.63) is 0 Å². The highest BCUT2D eigenvalue weighted by Gasteiger charge is 2.24. The van der Waals surface area contributed by atoms with Gasteiger partial charge in [-0.1, -0.05) is 26.7 Å².